The number of amides is 1. The first-order valence-corrected chi connectivity index (χ1v) is 6.57. The normalized spacial score (nSPS) is 16.8. The summed E-state index contributed by atoms with van der Waals surface area (Å²) in [5, 5.41) is 2.76. The van der Waals surface area contributed by atoms with E-state index < -0.39 is 18.0 Å². The van der Waals surface area contributed by atoms with Gasteiger partial charge in [0.2, 0.25) is 0 Å². The number of hydrogen-bond donors (Lipinski definition) is 1. The smallest absolute Gasteiger partial charge is 0.405 e. The zero-order chi connectivity index (χ0) is 15.7. The molecule has 0 aromatic heterocycles. The Hall–Kier alpha value is -1.98. The van der Waals surface area contributed by atoms with E-state index in [-0.39, 0.29) is 11.1 Å². The molecule has 0 spiro atoms. The van der Waals surface area contributed by atoms with Crippen LogP contribution in [0.1, 0.15) is 42.1 Å². The molecule has 1 aliphatic rings. The van der Waals surface area contributed by atoms with E-state index in [1.165, 1.54) is 18.2 Å². The first-order valence-electron chi connectivity index (χ1n) is 6.57. The molecule has 3 nitrogen and oxygen atoms in total. The fourth-order valence-corrected chi connectivity index (χ4v) is 2.24. The van der Waals surface area contributed by atoms with Gasteiger partial charge in [-0.1, -0.05) is 18.7 Å². The van der Waals surface area contributed by atoms with E-state index in [0.717, 1.165) is 25.3 Å². The third kappa shape index (κ3) is 3.77. The van der Waals surface area contributed by atoms with Crippen molar-refractivity contribution in [3.8, 4) is 5.75 Å². The van der Waals surface area contributed by atoms with Crippen molar-refractivity contribution >= 4 is 12.0 Å². The van der Waals surface area contributed by atoms with Gasteiger partial charge in [-0.15, -0.1) is 13.2 Å². The SMILES string of the molecule is C=Cc1ccc(C(=O)NC2(C)CCC2)c(OC(F)(F)F)c1. The molecular formula is C15H16F3NO2. The van der Waals surface area contributed by atoms with Crippen LogP contribution >= 0.6 is 0 Å². The summed E-state index contributed by atoms with van der Waals surface area (Å²) in [5.74, 6) is -1.08. The van der Waals surface area contributed by atoms with Gasteiger partial charge >= 0.3 is 6.36 Å². The van der Waals surface area contributed by atoms with Crippen molar-refractivity contribution in [3.63, 3.8) is 0 Å². The lowest BCUT2D eigenvalue weighted by Gasteiger charge is -2.39. The van der Waals surface area contributed by atoms with Crippen molar-refractivity contribution < 1.29 is 22.7 Å². The molecule has 1 amide bonds. The van der Waals surface area contributed by atoms with Crippen molar-refractivity contribution in [2.75, 3.05) is 0 Å². The van der Waals surface area contributed by atoms with Crippen LogP contribution in [-0.2, 0) is 0 Å². The van der Waals surface area contributed by atoms with Gasteiger partial charge in [0.1, 0.15) is 5.75 Å². The summed E-state index contributed by atoms with van der Waals surface area (Å²) >= 11 is 0. The predicted octanol–water partition coefficient (Wildman–Crippen LogP) is 3.90. The Labute approximate surface area is 120 Å². The minimum atomic E-state index is -4.85. The van der Waals surface area contributed by atoms with Crippen molar-refractivity contribution in [2.45, 2.75) is 38.1 Å². The minimum absolute atomic E-state index is 0.133. The van der Waals surface area contributed by atoms with Gasteiger partial charge in [0.15, 0.2) is 0 Å². The summed E-state index contributed by atoms with van der Waals surface area (Å²) in [4.78, 5) is 12.2. The maximum atomic E-state index is 12.5. The number of rotatable bonds is 4. The van der Waals surface area contributed by atoms with Crippen LogP contribution in [0.2, 0.25) is 0 Å². The monoisotopic (exact) mass is 299 g/mol. The second kappa shape index (κ2) is 5.42. The Morgan fingerprint density at radius 1 is 1.43 bits per heavy atom. The molecule has 114 valence electrons. The van der Waals surface area contributed by atoms with E-state index in [9.17, 15) is 18.0 Å². The highest BCUT2D eigenvalue weighted by atomic mass is 19.4. The topological polar surface area (TPSA) is 38.3 Å². The maximum absolute atomic E-state index is 12.5. The molecule has 1 aliphatic carbocycles. The van der Waals surface area contributed by atoms with Crippen molar-refractivity contribution in [1.82, 2.24) is 5.32 Å². The molecule has 0 aliphatic heterocycles. The van der Waals surface area contributed by atoms with E-state index in [0.29, 0.717) is 5.56 Å². The number of benzene rings is 1. The molecule has 1 N–H and O–H groups in total. The first-order chi connectivity index (χ1) is 9.72. The summed E-state index contributed by atoms with van der Waals surface area (Å²) < 4.78 is 41.3. The Morgan fingerprint density at radius 3 is 2.57 bits per heavy atom. The Balaban J connectivity index is 2.28. The van der Waals surface area contributed by atoms with Crippen LogP contribution < -0.4 is 10.1 Å². The summed E-state index contributed by atoms with van der Waals surface area (Å²) in [6, 6.07) is 3.99. The number of hydrogen-bond acceptors (Lipinski definition) is 2. The molecule has 0 saturated heterocycles. The lowest BCUT2D eigenvalue weighted by atomic mass is 9.78. The highest BCUT2D eigenvalue weighted by molar-refractivity contribution is 5.97. The van der Waals surface area contributed by atoms with Crippen LogP contribution in [0.4, 0.5) is 13.2 Å². The van der Waals surface area contributed by atoms with Gasteiger partial charge in [-0.05, 0) is 43.9 Å². The molecule has 1 aromatic carbocycles. The average molecular weight is 299 g/mol. The number of carbonyl (C=O) groups is 1. The number of halogens is 3. The highest BCUT2D eigenvalue weighted by Crippen LogP contribution is 2.33. The fraction of sp³-hybridized carbons (Fsp3) is 0.400. The first kappa shape index (κ1) is 15.4. The Bertz CT molecular complexity index is 563. The summed E-state index contributed by atoms with van der Waals surface area (Å²) in [7, 11) is 0. The van der Waals surface area contributed by atoms with Crippen LogP contribution in [0.25, 0.3) is 6.08 Å². The molecule has 0 unspecified atom stereocenters. The standard InChI is InChI=1S/C15H16F3NO2/c1-3-10-5-6-11(12(9-10)21-15(16,17)18)13(20)19-14(2)7-4-8-14/h3,5-6,9H,1,4,7-8H2,2H3,(H,19,20). The number of nitrogens with one attached hydrogen (secondary N) is 1. The number of alkyl halides is 3. The van der Waals surface area contributed by atoms with Gasteiger partial charge in [0, 0.05) is 5.54 Å². The third-order valence-corrected chi connectivity index (χ3v) is 3.58. The maximum Gasteiger partial charge on any atom is 0.573 e. The van der Waals surface area contributed by atoms with E-state index in [4.69, 9.17) is 0 Å². The van der Waals surface area contributed by atoms with Gasteiger partial charge in [-0.3, -0.25) is 4.79 Å². The van der Waals surface area contributed by atoms with Gasteiger partial charge in [0.25, 0.3) is 5.91 Å². The molecular weight excluding hydrogens is 283 g/mol. The van der Waals surface area contributed by atoms with Crippen LogP contribution in [0.5, 0.6) is 5.75 Å². The van der Waals surface area contributed by atoms with Crippen LogP contribution in [0, 0.1) is 0 Å². The molecule has 1 saturated carbocycles. The Kier molecular flexibility index (Phi) is 3.98. The second-order valence-electron chi connectivity index (χ2n) is 5.38. The zero-order valence-electron chi connectivity index (χ0n) is 11.6. The van der Waals surface area contributed by atoms with Crippen LogP contribution in [-0.4, -0.2) is 17.8 Å². The van der Waals surface area contributed by atoms with E-state index in [2.05, 4.69) is 16.6 Å². The average Bonchev–Trinajstić information content (AvgIpc) is 2.34. The van der Waals surface area contributed by atoms with Crippen molar-refractivity contribution in [2.24, 2.45) is 0 Å². The molecule has 0 radical (unpaired) electrons. The van der Waals surface area contributed by atoms with Crippen molar-refractivity contribution in [3.05, 3.63) is 35.9 Å². The predicted molar refractivity (Wildman–Crippen MR) is 72.9 cm³/mol. The highest BCUT2D eigenvalue weighted by Gasteiger charge is 2.36. The van der Waals surface area contributed by atoms with Gasteiger partial charge in [-0.25, -0.2) is 0 Å². The summed E-state index contributed by atoms with van der Waals surface area (Å²) in [5.41, 5.74) is -0.0318. The number of carbonyl (C=O) groups excluding carboxylic acids is 1. The zero-order valence-corrected chi connectivity index (χ0v) is 11.6. The lowest BCUT2D eigenvalue weighted by molar-refractivity contribution is -0.274. The van der Waals surface area contributed by atoms with Gasteiger partial charge in [0.05, 0.1) is 5.56 Å². The quantitative estimate of drug-likeness (QED) is 0.915. The van der Waals surface area contributed by atoms with E-state index >= 15 is 0 Å². The largest absolute Gasteiger partial charge is 0.573 e. The molecule has 21 heavy (non-hydrogen) atoms. The minimum Gasteiger partial charge on any atom is -0.405 e. The second-order valence-corrected chi connectivity index (χ2v) is 5.38. The molecule has 0 bridgehead atoms. The van der Waals surface area contributed by atoms with Crippen LogP contribution in [0.15, 0.2) is 24.8 Å². The fourth-order valence-electron chi connectivity index (χ4n) is 2.24. The number of ether oxygens (including phenoxy) is 1. The third-order valence-electron chi connectivity index (χ3n) is 3.58. The molecule has 6 heteroatoms. The Morgan fingerprint density at radius 2 is 2.10 bits per heavy atom. The molecule has 0 atom stereocenters. The molecule has 2 rings (SSSR count). The molecule has 1 fully saturated rings. The molecule has 1 aromatic rings. The van der Waals surface area contributed by atoms with Gasteiger partial charge < -0.3 is 10.1 Å². The summed E-state index contributed by atoms with van der Waals surface area (Å²) in [6.45, 7) is 5.36. The van der Waals surface area contributed by atoms with Gasteiger partial charge in [-0.2, -0.15) is 0 Å². The lowest BCUT2D eigenvalue weighted by Crippen LogP contribution is -2.51. The van der Waals surface area contributed by atoms with Crippen molar-refractivity contribution in [1.29, 1.82) is 0 Å². The van der Waals surface area contributed by atoms with E-state index in [1.54, 1.807) is 0 Å². The molecule has 0 heterocycles. The summed E-state index contributed by atoms with van der Waals surface area (Å²) in [6.07, 6.45) is -0.830. The van der Waals surface area contributed by atoms with E-state index in [1.807, 2.05) is 6.92 Å². The van der Waals surface area contributed by atoms with Crippen LogP contribution in [0.3, 0.4) is 0 Å².